The minimum atomic E-state index is -0.561. The largest absolute Gasteiger partial charge is 0.497 e. The van der Waals surface area contributed by atoms with Crippen molar-refractivity contribution in [2.45, 2.75) is 52.2 Å². The molecule has 5 nitrogen and oxygen atoms in total. The van der Waals surface area contributed by atoms with E-state index in [1.165, 1.54) is 0 Å². The molecule has 0 heterocycles. The molecule has 2 rings (SSSR count). The smallest absolute Gasteiger partial charge is 0.243 e. The zero-order valence-electron chi connectivity index (χ0n) is 17.4. The van der Waals surface area contributed by atoms with E-state index >= 15 is 0 Å². The summed E-state index contributed by atoms with van der Waals surface area (Å²) in [6.07, 6.45) is 0.657. The Bertz CT molecular complexity index is 821. The van der Waals surface area contributed by atoms with Crippen LogP contribution in [0.1, 0.15) is 38.3 Å². The summed E-state index contributed by atoms with van der Waals surface area (Å²) in [6, 6.07) is 14.2. The number of hydrogen-bond acceptors (Lipinski definition) is 3. The highest BCUT2D eigenvalue weighted by molar-refractivity contribution is 6.31. The Kier molecular flexibility index (Phi) is 8.52. The summed E-state index contributed by atoms with van der Waals surface area (Å²) in [7, 11) is 1.61. The first kappa shape index (κ1) is 22.8. The van der Waals surface area contributed by atoms with Crippen molar-refractivity contribution in [3.05, 3.63) is 64.7 Å². The molecule has 2 amide bonds. The molecule has 0 aliphatic rings. The van der Waals surface area contributed by atoms with Crippen molar-refractivity contribution in [1.29, 1.82) is 0 Å². The third-order valence-electron chi connectivity index (χ3n) is 4.63. The maximum atomic E-state index is 13.2. The van der Waals surface area contributed by atoms with E-state index in [9.17, 15) is 9.59 Å². The van der Waals surface area contributed by atoms with Crippen LogP contribution in [0.15, 0.2) is 48.5 Å². The van der Waals surface area contributed by atoms with E-state index in [1.54, 1.807) is 18.1 Å². The number of carbonyl (C=O) groups is 2. The van der Waals surface area contributed by atoms with Crippen molar-refractivity contribution < 1.29 is 14.3 Å². The summed E-state index contributed by atoms with van der Waals surface area (Å²) in [5.41, 5.74) is 1.67. The fraction of sp³-hybridized carbons (Fsp3) is 0.391. The van der Waals surface area contributed by atoms with Gasteiger partial charge in [0.15, 0.2) is 0 Å². The monoisotopic (exact) mass is 416 g/mol. The Morgan fingerprint density at radius 2 is 1.76 bits per heavy atom. The van der Waals surface area contributed by atoms with Crippen LogP contribution >= 0.6 is 11.6 Å². The van der Waals surface area contributed by atoms with Crippen molar-refractivity contribution in [2.75, 3.05) is 7.11 Å². The Balaban J connectivity index is 2.30. The van der Waals surface area contributed by atoms with E-state index in [2.05, 4.69) is 5.32 Å². The van der Waals surface area contributed by atoms with Gasteiger partial charge in [-0.2, -0.15) is 0 Å². The zero-order chi connectivity index (χ0) is 21.4. The Morgan fingerprint density at radius 1 is 1.10 bits per heavy atom. The van der Waals surface area contributed by atoms with Gasteiger partial charge in [-0.25, -0.2) is 0 Å². The second-order valence-electron chi connectivity index (χ2n) is 7.23. The van der Waals surface area contributed by atoms with Gasteiger partial charge in [-0.15, -0.1) is 0 Å². The quantitative estimate of drug-likeness (QED) is 0.665. The van der Waals surface area contributed by atoms with Crippen molar-refractivity contribution in [2.24, 2.45) is 0 Å². The van der Waals surface area contributed by atoms with E-state index in [0.717, 1.165) is 16.9 Å². The molecule has 0 fully saturated rings. The predicted octanol–water partition coefficient (Wildman–Crippen LogP) is 4.22. The highest BCUT2D eigenvalue weighted by atomic mass is 35.5. The first-order chi connectivity index (χ1) is 13.8. The minimum absolute atomic E-state index is 0.00180. The van der Waals surface area contributed by atoms with Crippen LogP contribution < -0.4 is 10.1 Å². The van der Waals surface area contributed by atoms with Crippen molar-refractivity contribution in [3.8, 4) is 5.75 Å². The average molecular weight is 417 g/mol. The van der Waals surface area contributed by atoms with Crippen LogP contribution in [0.3, 0.4) is 0 Å². The summed E-state index contributed by atoms with van der Waals surface area (Å²) in [4.78, 5) is 27.7. The predicted molar refractivity (Wildman–Crippen MR) is 116 cm³/mol. The fourth-order valence-electron chi connectivity index (χ4n) is 3.13. The molecule has 1 atom stereocenters. The van der Waals surface area contributed by atoms with Gasteiger partial charge >= 0.3 is 0 Å². The maximum absolute atomic E-state index is 13.2. The Hall–Kier alpha value is -2.53. The summed E-state index contributed by atoms with van der Waals surface area (Å²) in [5.74, 6) is 0.454. The number of benzene rings is 2. The maximum Gasteiger partial charge on any atom is 0.243 e. The topological polar surface area (TPSA) is 58.6 Å². The van der Waals surface area contributed by atoms with Crippen LogP contribution in [0.5, 0.6) is 5.75 Å². The number of hydrogen-bond donors (Lipinski definition) is 1. The number of methoxy groups -OCH3 is 1. The number of ether oxygens (including phenoxy) is 1. The second-order valence-corrected chi connectivity index (χ2v) is 7.63. The van der Waals surface area contributed by atoms with Crippen LogP contribution in [0, 0.1) is 0 Å². The second kappa shape index (κ2) is 10.9. The van der Waals surface area contributed by atoms with Gasteiger partial charge in [0, 0.05) is 17.6 Å². The number of amides is 2. The number of rotatable bonds is 9. The number of nitrogens with zero attached hydrogens (tertiary/aromatic N) is 1. The molecule has 156 valence electrons. The molecular formula is C23H29ClN2O3. The normalized spacial score (nSPS) is 11.8. The van der Waals surface area contributed by atoms with E-state index < -0.39 is 6.04 Å². The molecule has 2 aromatic rings. The summed E-state index contributed by atoms with van der Waals surface area (Å²) < 4.78 is 5.21. The van der Waals surface area contributed by atoms with E-state index in [0.29, 0.717) is 18.0 Å². The van der Waals surface area contributed by atoms with Gasteiger partial charge in [-0.05, 0) is 49.6 Å². The summed E-state index contributed by atoms with van der Waals surface area (Å²) in [6.45, 7) is 6.06. The molecule has 0 bridgehead atoms. The average Bonchev–Trinajstić information content (AvgIpc) is 2.69. The molecular weight excluding hydrogens is 388 g/mol. The number of nitrogens with one attached hydrogen (secondary N) is 1. The first-order valence-electron chi connectivity index (χ1n) is 9.81. The van der Waals surface area contributed by atoms with Crippen LogP contribution in [-0.2, 0) is 22.6 Å². The van der Waals surface area contributed by atoms with Crippen molar-refractivity contribution in [1.82, 2.24) is 10.2 Å². The van der Waals surface area contributed by atoms with Gasteiger partial charge < -0.3 is 15.0 Å². The highest BCUT2D eigenvalue weighted by Crippen LogP contribution is 2.20. The Labute approximate surface area is 178 Å². The van der Waals surface area contributed by atoms with Gasteiger partial charge in [-0.3, -0.25) is 9.59 Å². The highest BCUT2D eigenvalue weighted by Gasteiger charge is 2.29. The lowest BCUT2D eigenvalue weighted by Crippen LogP contribution is -2.50. The van der Waals surface area contributed by atoms with Crippen molar-refractivity contribution in [3.63, 3.8) is 0 Å². The lowest BCUT2D eigenvalue weighted by atomic mass is 10.1. The molecule has 0 aliphatic carbocycles. The van der Waals surface area contributed by atoms with Gasteiger partial charge in [0.25, 0.3) is 0 Å². The van der Waals surface area contributed by atoms with Crippen LogP contribution in [-0.4, -0.2) is 35.9 Å². The molecule has 29 heavy (non-hydrogen) atoms. The van der Waals surface area contributed by atoms with Gasteiger partial charge in [-0.1, -0.05) is 48.9 Å². The summed E-state index contributed by atoms with van der Waals surface area (Å²) in [5, 5.41) is 3.48. The first-order valence-corrected chi connectivity index (χ1v) is 10.2. The number of halogens is 1. The van der Waals surface area contributed by atoms with E-state index in [1.807, 2.05) is 63.2 Å². The summed E-state index contributed by atoms with van der Waals surface area (Å²) >= 11 is 6.25. The molecule has 1 N–H and O–H groups in total. The number of carbonyl (C=O) groups excluding carboxylic acids is 2. The lowest BCUT2D eigenvalue weighted by molar-refractivity contribution is -0.141. The fourth-order valence-corrected chi connectivity index (χ4v) is 3.34. The molecule has 0 saturated heterocycles. The molecule has 6 heteroatoms. The minimum Gasteiger partial charge on any atom is -0.497 e. The molecule has 0 aromatic heterocycles. The molecule has 1 unspecified atom stereocenters. The van der Waals surface area contributed by atoms with Crippen molar-refractivity contribution >= 4 is 23.4 Å². The van der Waals surface area contributed by atoms with Gasteiger partial charge in [0.1, 0.15) is 11.8 Å². The van der Waals surface area contributed by atoms with Crippen LogP contribution in [0.4, 0.5) is 0 Å². The molecule has 0 aliphatic heterocycles. The molecule has 0 spiro atoms. The Morgan fingerprint density at radius 3 is 2.31 bits per heavy atom. The molecule has 0 radical (unpaired) electrons. The standard InChI is InChI=1S/C23H29ClN2O3/c1-5-21(23(28)25-16(2)3)26(15-17-10-12-19(29-4)13-11-17)22(27)14-18-8-6-7-9-20(18)24/h6-13,16,21H,5,14-15H2,1-4H3,(H,25,28). The molecule has 2 aromatic carbocycles. The van der Waals surface area contributed by atoms with Gasteiger partial charge in [0.05, 0.1) is 13.5 Å². The third-order valence-corrected chi connectivity index (χ3v) is 5.00. The van der Waals surface area contributed by atoms with E-state index in [4.69, 9.17) is 16.3 Å². The SMILES string of the molecule is CCC(C(=O)NC(C)C)N(Cc1ccc(OC)cc1)C(=O)Cc1ccccc1Cl. The van der Waals surface area contributed by atoms with Gasteiger partial charge in [0.2, 0.25) is 11.8 Å². The zero-order valence-corrected chi connectivity index (χ0v) is 18.2. The van der Waals surface area contributed by atoms with E-state index in [-0.39, 0.29) is 24.3 Å². The van der Waals surface area contributed by atoms with Crippen LogP contribution in [0.25, 0.3) is 0 Å². The van der Waals surface area contributed by atoms with Crippen LogP contribution in [0.2, 0.25) is 5.02 Å². The third kappa shape index (κ3) is 6.50. The lowest BCUT2D eigenvalue weighted by Gasteiger charge is -2.31. The molecule has 0 saturated carbocycles.